The lowest BCUT2D eigenvalue weighted by Crippen LogP contribution is -2.35. The van der Waals surface area contributed by atoms with Crippen molar-refractivity contribution in [3.05, 3.63) is 21.9 Å². The number of hydrogen-bond donors (Lipinski definition) is 1. The number of carbonyl (C=O) groups excluding carboxylic acids is 2. The van der Waals surface area contributed by atoms with Gasteiger partial charge in [-0.1, -0.05) is 0 Å². The Labute approximate surface area is 142 Å². The normalized spacial score (nSPS) is 16.2. The van der Waals surface area contributed by atoms with Gasteiger partial charge < -0.3 is 15.1 Å². The smallest absolute Gasteiger partial charge is 0.222 e. The summed E-state index contributed by atoms with van der Waals surface area (Å²) in [6.45, 7) is 4.28. The molecule has 2 amide bonds. The molecule has 1 aromatic rings. The molecule has 0 bridgehead atoms. The molecule has 5 nitrogen and oxygen atoms in total. The average Bonchev–Trinajstić information content (AvgIpc) is 3.09. The van der Waals surface area contributed by atoms with Crippen LogP contribution in [0.3, 0.4) is 0 Å². The largest absolute Gasteiger partial charge is 0.354 e. The van der Waals surface area contributed by atoms with Gasteiger partial charge in [0.15, 0.2) is 0 Å². The lowest BCUT2D eigenvalue weighted by atomic mass is 10.1. The van der Waals surface area contributed by atoms with Gasteiger partial charge in [-0.2, -0.15) is 0 Å². The first-order valence-corrected chi connectivity index (χ1v) is 9.12. The van der Waals surface area contributed by atoms with Crippen molar-refractivity contribution in [1.29, 1.82) is 0 Å². The van der Waals surface area contributed by atoms with E-state index >= 15 is 0 Å². The van der Waals surface area contributed by atoms with Crippen LogP contribution in [-0.2, 0) is 9.59 Å². The Morgan fingerprint density at radius 2 is 2.26 bits per heavy atom. The van der Waals surface area contributed by atoms with Crippen molar-refractivity contribution in [1.82, 2.24) is 15.1 Å². The van der Waals surface area contributed by atoms with Gasteiger partial charge in [0.05, 0.1) is 6.04 Å². The Balaban J connectivity index is 1.74. The van der Waals surface area contributed by atoms with Crippen LogP contribution in [0.1, 0.15) is 42.2 Å². The SMILES string of the molecule is Cc1ccsc1C(CNC(=O)CCCN1CCCC1=O)N(C)C. The van der Waals surface area contributed by atoms with Gasteiger partial charge in [-0.3, -0.25) is 9.59 Å². The highest BCUT2D eigenvalue weighted by atomic mass is 32.1. The summed E-state index contributed by atoms with van der Waals surface area (Å²) in [4.78, 5) is 28.9. The Hall–Kier alpha value is -1.40. The zero-order valence-electron chi connectivity index (χ0n) is 14.3. The van der Waals surface area contributed by atoms with Gasteiger partial charge in [0, 0.05) is 37.4 Å². The summed E-state index contributed by atoms with van der Waals surface area (Å²) in [6, 6.07) is 2.32. The second-order valence-corrected chi connectivity index (χ2v) is 7.29. The van der Waals surface area contributed by atoms with E-state index in [2.05, 4.69) is 28.6 Å². The second-order valence-electron chi connectivity index (χ2n) is 6.34. The number of aryl methyl sites for hydroxylation is 1. The van der Waals surface area contributed by atoms with Crippen LogP contribution >= 0.6 is 11.3 Å². The lowest BCUT2D eigenvalue weighted by molar-refractivity contribution is -0.128. The van der Waals surface area contributed by atoms with E-state index in [-0.39, 0.29) is 17.9 Å². The summed E-state index contributed by atoms with van der Waals surface area (Å²) >= 11 is 1.74. The first-order chi connectivity index (χ1) is 11.0. The summed E-state index contributed by atoms with van der Waals surface area (Å²) in [5.41, 5.74) is 1.27. The van der Waals surface area contributed by atoms with Gasteiger partial charge >= 0.3 is 0 Å². The van der Waals surface area contributed by atoms with Crippen molar-refractivity contribution < 1.29 is 9.59 Å². The molecule has 6 heteroatoms. The van der Waals surface area contributed by atoms with E-state index in [1.807, 2.05) is 19.0 Å². The monoisotopic (exact) mass is 337 g/mol. The maximum atomic E-state index is 12.1. The number of hydrogen-bond acceptors (Lipinski definition) is 4. The molecule has 0 spiro atoms. The molecular formula is C17H27N3O2S. The number of likely N-dealkylation sites (tertiary alicyclic amines) is 1. The molecule has 1 fully saturated rings. The van der Waals surface area contributed by atoms with Crippen LogP contribution in [-0.4, -0.2) is 55.3 Å². The second kappa shape index (κ2) is 8.45. The third-order valence-corrected chi connectivity index (χ3v) is 5.44. The van der Waals surface area contributed by atoms with Crippen LogP contribution < -0.4 is 5.32 Å². The molecule has 1 aliphatic rings. The molecular weight excluding hydrogens is 310 g/mol. The topological polar surface area (TPSA) is 52.7 Å². The Kier molecular flexibility index (Phi) is 6.59. The third kappa shape index (κ3) is 5.04. The van der Waals surface area contributed by atoms with Crippen LogP contribution in [0, 0.1) is 6.92 Å². The van der Waals surface area contributed by atoms with E-state index in [1.165, 1.54) is 10.4 Å². The van der Waals surface area contributed by atoms with E-state index in [4.69, 9.17) is 0 Å². The van der Waals surface area contributed by atoms with Crippen molar-refractivity contribution in [3.8, 4) is 0 Å². The zero-order valence-corrected chi connectivity index (χ0v) is 15.1. The van der Waals surface area contributed by atoms with Crippen molar-refractivity contribution in [2.45, 2.75) is 38.6 Å². The molecule has 1 N–H and O–H groups in total. The number of likely N-dealkylation sites (N-methyl/N-ethyl adjacent to an activating group) is 1. The quantitative estimate of drug-likeness (QED) is 0.791. The van der Waals surface area contributed by atoms with Gasteiger partial charge in [0.1, 0.15) is 0 Å². The standard InChI is InChI=1S/C17H27N3O2S/c1-13-8-11-23-17(13)14(19(2)3)12-18-15(21)6-4-9-20-10-5-7-16(20)22/h8,11,14H,4-7,9-10,12H2,1-3H3,(H,18,21). The highest BCUT2D eigenvalue weighted by molar-refractivity contribution is 7.10. The van der Waals surface area contributed by atoms with E-state index in [1.54, 1.807) is 11.3 Å². The summed E-state index contributed by atoms with van der Waals surface area (Å²) in [5.74, 6) is 0.295. The third-order valence-electron chi connectivity index (χ3n) is 4.32. The zero-order chi connectivity index (χ0) is 16.8. The number of carbonyl (C=O) groups is 2. The van der Waals surface area contributed by atoms with Gasteiger partial charge in [-0.05, 0) is 50.9 Å². The molecule has 2 rings (SSSR count). The van der Waals surface area contributed by atoms with Crippen molar-refractivity contribution in [2.75, 3.05) is 33.7 Å². The van der Waals surface area contributed by atoms with Gasteiger partial charge in [0.25, 0.3) is 0 Å². The molecule has 1 unspecified atom stereocenters. The molecule has 1 aliphatic heterocycles. The van der Waals surface area contributed by atoms with Gasteiger partial charge in [-0.15, -0.1) is 11.3 Å². The van der Waals surface area contributed by atoms with Crippen molar-refractivity contribution in [2.24, 2.45) is 0 Å². The van der Waals surface area contributed by atoms with Crippen molar-refractivity contribution >= 4 is 23.2 Å². The van der Waals surface area contributed by atoms with E-state index in [9.17, 15) is 9.59 Å². The molecule has 2 heterocycles. The van der Waals surface area contributed by atoms with Crippen LogP contribution in [0.5, 0.6) is 0 Å². The summed E-state index contributed by atoms with van der Waals surface area (Å²) in [5, 5.41) is 5.13. The number of nitrogens with one attached hydrogen (secondary N) is 1. The number of amides is 2. The first kappa shape index (κ1) is 17.9. The Morgan fingerprint density at radius 3 is 2.83 bits per heavy atom. The fraction of sp³-hybridized carbons (Fsp3) is 0.647. The molecule has 1 atom stereocenters. The minimum atomic E-state index is 0.0673. The molecule has 23 heavy (non-hydrogen) atoms. The lowest BCUT2D eigenvalue weighted by Gasteiger charge is -2.24. The van der Waals surface area contributed by atoms with Gasteiger partial charge in [-0.25, -0.2) is 0 Å². The maximum absolute atomic E-state index is 12.1. The maximum Gasteiger partial charge on any atom is 0.222 e. The first-order valence-electron chi connectivity index (χ1n) is 8.24. The van der Waals surface area contributed by atoms with Crippen LogP contribution in [0.4, 0.5) is 0 Å². The van der Waals surface area contributed by atoms with E-state index < -0.39 is 0 Å². The minimum Gasteiger partial charge on any atom is -0.354 e. The predicted octanol–water partition coefficient (Wildman–Crippen LogP) is 2.18. The summed E-state index contributed by atoms with van der Waals surface area (Å²) < 4.78 is 0. The predicted molar refractivity (Wildman–Crippen MR) is 93.5 cm³/mol. The molecule has 0 aliphatic carbocycles. The van der Waals surface area contributed by atoms with E-state index in [0.717, 1.165) is 19.4 Å². The van der Waals surface area contributed by atoms with Gasteiger partial charge in [0.2, 0.25) is 11.8 Å². The van der Waals surface area contributed by atoms with Crippen LogP contribution in [0.15, 0.2) is 11.4 Å². The average molecular weight is 337 g/mol. The molecule has 1 aromatic heterocycles. The highest BCUT2D eigenvalue weighted by Crippen LogP contribution is 2.26. The fourth-order valence-electron chi connectivity index (χ4n) is 2.91. The van der Waals surface area contributed by atoms with Crippen LogP contribution in [0.25, 0.3) is 0 Å². The fourth-order valence-corrected chi connectivity index (χ4v) is 4.03. The Bertz CT molecular complexity index is 542. The molecule has 0 saturated carbocycles. The number of thiophene rings is 1. The minimum absolute atomic E-state index is 0.0673. The summed E-state index contributed by atoms with van der Waals surface area (Å²) in [7, 11) is 4.07. The molecule has 0 radical (unpaired) electrons. The summed E-state index contributed by atoms with van der Waals surface area (Å²) in [6.07, 6.45) is 2.84. The Morgan fingerprint density at radius 1 is 1.48 bits per heavy atom. The molecule has 0 aromatic carbocycles. The highest BCUT2D eigenvalue weighted by Gasteiger charge is 2.20. The molecule has 128 valence electrons. The van der Waals surface area contributed by atoms with E-state index in [0.29, 0.717) is 25.9 Å². The van der Waals surface area contributed by atoms with Crippen LogP contribution in [0.2, 0.25) is 0 Å². The number of rotatable bonds is 8. The van der Waals surface area contributed by atoms with Crippen molar-refractivity contribution in [3.63, 3.8) is 0 Å². The number of nitrogens with zero attached hydrogens (tertiary/aromatic N) is 2. The molecule has 1 saturated heterocycles.